The highest BCUT2D eigenvalue weighted by atomic mass is 79.9. The zero-order chi connectivity index (χ0) is 14.3. The van der Waals surface area contributed by atoms with Crippen molar-refractivity contribution in [3.05, 3.63) is 46.5 Å². The lowest BCUT2D eigenvalue weighted by Crippen LogP contribution is -2.51. The van der Waals surface area contributed by atoms with Crippen LogP contribution in [0.25, 0.3) is 0 Å². The highest BCUT2D eigenvalue weighted by Crippen LogP contribution is 2.49. The Morgan fingerprint density at radius 2 is 1.90 bits per heavy atom. The maximum atomic E-state index is 12.9. The summed E-state index contributed by atoms with van der Waals surface area (Å²) in [5.41, 5.74) is -0.667. The molecule has 0 unspecified atom stereocenters. The molecule has 4 heteroatoms. The molecule has 0 aliphatic heterocycles. The highest BCUT2D eigenvalue weighted by Gasteiger charge is 2.56. The molecule has 0 aromatic heterocycles. The van der Waals surface area contributed by atoms with E-state index < -0.39 is 11.3 Å². The molecule has 1 aromatic rings. The van der Waals surface area contributed by atoms with E-state index in [4.69, 9.17) is 0 Å². The van der Waals surface area contributed by atoms with Crippen LogP contribution in [-0.4, -0.2) is 17.3 Å². The Morgan fingerprint density at radius 1 is 1.20 bits per heavy atom. The van der Waals surface area contributed by atoms with Gasteiger partial charge in [-0.15, -0.1) is 0 Å². The molecule has 1 aromatic carbocycles. The second kappa shape index (κ2) is 4.77. The van der Waals surface area contributed by atoms with Crippen LogP contribution in [0, 0.1) is 11.3 Å². The summed E-state index contributed by atoms with van der Waals surface area (Å²) in [6, 6.07) is 8.81. The van der Waals surface area contributed by atoms with Crippen molar-refractivity contribution in [1.82, 2.24) is 0 Å². The molecule has 1 fully saturated rings. The Hall–Kier alpha value is -1.55. The van der Waals surface area contributed by atoms with Crippen molar-refractivity contribution < 1.29 is 14.4 Å². The van der Waals surface area contributed by atoms with Gasteiger partial charge >= 0.3 is 0 Å². The maximum absolute atomic E-state index is 12.9. The number of Topliss-reactive ketones (excluding diaryl/α,β-unsaturated/α-hetero) is 2. The molecule has 0 heterocycles. The summed E-state index contributed by atoms with van der Waals surface area (Å²) in [6.07, 6.45) is 3.16. The van der Waals surface area contributed by atoms with E-state index in [0.29, 0.717) is 29.3 Å². The molecule has 20 heavy (non-hydrogen) atoms. The number of halogens is 1. The van der Waals surface area contributed by atoms with E-state index in [-0.39, 0.29) is 17.3 Å². The monoisotopic (exact) mass is 332 g/mol. The molecule has 102 valence electrons. The first kappa shape index (κ1) is 13.4. The summed E-state index contributed by atoms with van der Waals surface area (Å²) in [5, 5.41) is 0. The van der Waals surface area contributed by atoms with Gasteiger partial charge in [-0.05, 0) is 18.9 Å². The highest BCUT2D eigenvalue weighted by molar-refractivity contribution is 9.11. The molecule has 0 N–H and O–H groups in total. The molecule has 3 nitrogen and oxygen atoms in total. The first-order valence-corrected chi connectivity index (χ1v) is 7.42. The van der Waals surface area contributed by atoms with Gasteiger partial charge < -0.3 is 0 Å². The number of allylic oxidation sites excluding steroid dienone is 2. The topological polar surface area (TPSA) is 51.2 Å². The molecule has 2 aliphatic rings. The number of fused-ring (bicyclic) bond motifs is 2. The van der Waals surface area contributed by atoms with Crippen molar-refractivity contribution in [2.75, 3.05) is 0 Å². The third kappa shape index (κ3) is 1.74. The SMILES string of the molecule is O=C1C=C(Br)[C@]2(C(=O)c3ccccc3)CCC[C@H]1C2=O. The van der Waals surface area contributed by atoms with E-state index >= 15 is 0 Å². The lowest BCUT2D eigenvalue weighted by Gasteiger charge is -2.40. The first-order chi connectivity index (χ1) is 9.57. The van der Waals surface area contributed by atoms with Crippen LogP contribution >= 0.6 is 15.9 Å². The summed E-state index contributed by atoms with van der Waals surface area (Å²) in [6.45, 7) is 0. The van der Waals surface area contributed by atoms with E-state index in [0.717, 1.165) is 0 Å². The molecule has 0 radical (unpaired) electrons. The summed E-state index contributed by atoms with van der Waals surface area (Å²) in [4.78, 5) is 37.4. The number of carbonyl (C=O) groups excluding carboxylic acids is 3. The standard InChI is InChI=1S/C16H13BrO3/c17-13-9-12(18)11-7-4-8-16(13,15(11)20)14(19)10-5-2-1-3-6-10/h1-3,5-6,9,11H,4,7-8H2/t11-,16+/m1/s1. The zero-order valence-electron chi connectivity index (χ0n) is 10.8. The third-order valence-electron chi connectivity index (χ3n) is 4.23. The third-order valence-corrected chi connectivity index (χ3v) is 5.13. The smallest absolute Gasteiger partial charge is 0.181 e. The molecular formula is C16H13BrO3. The number of hydrogen-bond acceptors (Lipinski definition) is 3. The summed E-state index contributed by atoms with van der Waals surface area (Å²) >= 11 is 3.31. The van der Waals surface area contributed by atoms with Gasteiger partial charge in [0.25, 0.3) is 0 Å². The number of rotatable bonds is 2. The van der Waals surface area contributed by atoms with Gasteiger partial charge in [-0.2, -0.15) is 0 Å². The molecule has 0 spiro atoms. The van der Waals surface area contributed by atoms with Gasteiger partial charge in [0.15, 0.2) is 17.3 Å². The van der Waals surface area contributed by atoms with E-state index in [1.54, 1.807) is 24.3 Å². The molecule has 0 saturated heterocycles. The van der Waals surface area contributed by atoms with Gasteiger partial charge in [-0.3, -0.25) is 14.4 Å². The van der Waals surface area contributed by atoms with Crippen LogP contribution in [0.4, 0.5) is 0 Å². The quantitative estimate of drug-likeness (QED) is 0.617. The molecule has 0 amide bonds. The van der Waals surface area contributed by atoms with Gasteiger partial charge in [0, 0.05) is 10.0 Å². The molecule has 2 bridgehead atoms. The average molecular weight is 333 g/mol. The van der Waals surface area contributed by atoms with Crippen LogP contribution in [0.1, 0.15) is 29.6 Å². The number of ketones is 3. The lowest BCUT2D eigenvalue weighted by molar-refractivity contribution is -0.138. The lowest BCUT2D eigenvalue weighted by atomic mass is 9.61. The second-order valence-electron chi connectivity index (χ2n) is 5.30. The predicted molar refractivity (Wildman–Crippen MR) is 77.6 cm³/mol. The molecule has 2 atom stereocenters. The Kier molecular flexibility index (Phi) is 3.21. The fourth-order valence-electron chi connectivity index (χ4n) is 3.15. The largest absolute Gasteiger partial charge is 0.297 e. The van der Waals surface area contributed by atoms with Crippen molar-refractivity contribution in [2.45, 2.75) is 19.3 Å². The van der Waals surface area contributed by atoms with Crippen LogP contribution in [0.5, 0.6) is 0 Å². The molecule has 2 aliphatic carbocycles. The summed E-state index contributed by atoms with van der Waals surface area (Å²) < 4.78 is 0.421. The first-order valence-electron chi connectivity index (χ1n) is 6.63. The maximum Gasteiger partial charge on any atom is 0.181 e. The molecular weight excluding hydrogens is 320 g/mol. The Labute approximate surface area is 125 Å². The number of benzene rings is 1. The number of carbonyl (C=O) groups is 3. The Bertz CT molecular complexity index is 632. The van der Waals surface area contributed by atoms with Crippen LogP contribution in [0.2, 0.25) is 0 Å². The fourth-order valence-corrected chi connectivity index (χ4v) is 3.95. The van der Waals surface area contributed by atoms with Crippen LogP contribution in [0.3, 0.4) is 0 Å². The predicted octanol–water partition coefficient (Wildman–Crippen LogP) is 3.09. The van der Waals surface area contributed by atoms with Gasteiger partial charge in [-0.25, -0.2) is 0 Å². The fraction of sp³-hybridized carbons (Fsp3) is 0.312. The van der Waals surface area contributed by atoms with E-state index in [2.05, 4.69) is 15.9 Å². The molecule has 1 saturated carbocycles. The average Bonchev–Trinajstić information content (AvgIpc) is 2.46. The van der Waals surface area contributed by atoms with Crippen molar-refractivity contribution in [2.24, 2.45) is 11.3 Å². The van der Waals surface area contributed by atoms with Crippen molar-refractivity contribution in [3.8, 4) is 0 Å². The van der Waals surface area contributed by atoms with E-state index in [9.17, 15) is 14.4 Å². The Balaban J connectivity index is 2.14. The van der Waals surface area contributed by atoms with Crippen LogP contribution < -0.4 is 0 Å². The van der Waals surface area contributed by atoms with Gasteiger partial charge in [0.05, 0.1) is 5.92 Å². The van der Waals surface area contributed by atoms with Crippen molar-refractivity contribution in [1.29, 1.82) is 0 Å². The summed E-state index contributed by atoms with van der Waals surface area (Å²) in [5.74, 6) is -1.27. The van der Waals surface area contributed by atoms with Gasteiger partial charge in [-0.1, -0.05) is 52.7 Å². The second-order valence-corrected chi connectivity index (χ2v) is 6.16. The Morgan fingerprint density at radius 3 is 2.60 bits per heavy atom. The normalized spacial score (nSPS) is 29.1. The van der Waals surface area contributed by atoms with Crippen LogP contribution in [-0.2, 0) is 9.59 Å². The van der Waals surface area contributed by atoms with Crippen LogP contribution in [0.15, 0.2) is 40.9 Å². The minimum atomic E-state index is -1.18. The van der Waals surface area contributed by atoms with E-state index in [1.807, 2.05) is 6.07 Å². The zero-order valence-corrected chi connectivity index (χ0v) is 12.4. The van der Waals surface area contributed by atoms with Gasteiger partial charge in [0.1, 0.15) is 5.41 Å². The summed E-state index contributed by atoms with van der Waals surface area (Å²) in [7, 11) is 0. The molecule has 3 rings (SSSR count). The number of hydrogen-bond donors (Lipinski definition) is 0. The van der Waals surface area contributed by atoms with E-state index in [1.165, 1.54) is 6.08 Å². The minimum Gasteiger partial charge on any atom is -0.297 e. The van der Waals surface area contributed by atoms with Gasteiger partial charge in [0.2, 0.25) is 0 Å². The van der Waals surface area contributed by atoms with Crippen molar-refractivity contribution >= 4 is 33.3 Å². The minimum absolute atomic E-state index is 0.182. The van der Waals surface area contributed by atoms with Crippen molar-refractivity contribution in [3.63, 3.8) is 0 Å².